The highest BCUT2D eigenvalue weighted by Crippen LogP contribution is 2.27. The van der Waals surface area contributed by atoms with Gasteiger partial charge in [0.25, 0.3) is 0 Å². The number of rotatable bonds is 1. The Morgan fingerprint density at radius 3 is 2.67 bits per heavy atom. The summed E-state index contributed by atoms with van der Waals surface area (Å²) >= 11 is 0. The first-order chi connectivity index (χ1) is 8.54. The summed E-state index contributed by atoms with van der Waals surface area (Å²) in [4.78, 5) is 10.5. The fraction of sp³-hybridized carbons (Fsp3) is 0.0909. The Kier molecular flexibility index (Phi) is 2.16. The second-order valence-corrected chi connectivity index (χ2v) is 3.73. The van der Waals surface area contributed by atoms with Gasteiger partial charge in [-0.05, 0) is 18.2 Å². The van der Waals surface area contributed by atoms with Gasteiger partial charge in [-0.2, -0.15) is 13.2 Å². The number of imidazole rings is 1. The fourth-order valence-corrected chi connectivity index (χ4v) is 1.65. The molecular weight excluding hydrogens is 245 g/mol. The third kappa shape index (κ3) is 1.73. The summed E-state index contributed by atoms with van der Waals surface area (Å²) in [5, 5.41) is 0. The van der Waals surface area contributed by atoms with Crippen molar-refractivity contribution in [3.8, 4) is 11.4 Å². The van der Waals surface area contributed by atoms with Gasteiger partial charge in [0.1, 0.15) is 11.4 Å². The van der Waals surface area contributed by atoms with Crippen molar-refractivity contribution in [2.45, 2.75) is 6.18 Å². The monoisotopic (exact) mass is 252 g/mol. The number of hydrogen-bond acceptors (Lipinski definition) is 2. The van der Waals surface area contributed by atoms with Gasteiger partial charge in [-0.3, -0.25) is 4.40 Å². The van der Waals surface area contributed by atoms with Gasteiger partial charge in [0.2, 0.25) is 5.78 Å². The summed E-state index contributed by atoms with van der Waals surface area (Å²) in [7, 11) is 0. The Labute approximate surface area is 99.1 Å². The molecule has 3 aromatic heterocycles. The standard InChI is InChI=1S/C11H7F3N4/c12-11(13,14)9-3-5-18-6-8(16-10(18)17-9)7-2-1-4-15-7/h1-6,15H. The van der Waals surface area contributed by atoms with Crippen molar-refractivity contribution >= 4 is 5.78 Å². The topological polar surface area (TPSA) is 46.0 Å². The third-order valence-corrected chi connectivity index (χ3v) is 2.49. The van der Waals surface area contributed by atoms with Crippen molar-refractivity contribution in [3.05, 3.63) is 42.5 Å². The molecule has 0 unspecified atom stereocenters. The lowest BCUT2D eigenvalue weighted by Gasteiger charge is -2.04. The highest BCUT2D eigenvalue weighted by molar-refractivity contribution is 5.57. The van der Waals surface area contributed by atoms with E-state index in [4.69, 9.17) is 0 Å². The van der Waals surface area contributed by atoms with Crippen molar-refractivity contribution in [1.82, 2.24) is 19.4 Å². The van der Waals surface area contributed by atoms with Gasteiger partial charge in [-0.1, -0.05) is 0 Å². The lowest BCUT2D eigenvalue weighted by Crippen LogP contribution is -2.08. The minimum Gasteiger partial charge on any atom is -0.360 e. The molecule has 0 fully saturated rings. The Morgan fingerprint density at radius 2 is 2.00 bits per heavy atom. The summed E-state index contributed by atoms with van der Waals surface area (Å²) in [5.41, 5.74) is 0.333. The quantitative estimate of drug-likeness (QED) is 0.723. The molecule has 4 nitrogen and oxygen atoms in total. The van der Waals surface area contributed by atoms with Gasteiger partial charge in [-0.15, -0.1) is 0 Å². The molecule has 1 N–H and O–H groups in total. The molecule has 0 saturated carbocycles. The van der Waals surface area contributed by atoms with E-state index >= 15 is 0 Å². The Bertz CT molecular complexity index is 682. The van der Waals surface area contributed by atoms with E-state index in [1.165, 1.54) is 10.6 Å². The lowest BCUT2D eigenvalue weighted by molar-refractivity contribution is -0.141. The predicted octanol–water partition coefficient (Wildman–Crippen LogP) is 2.74. The summed E-state index contributed by atoms with van der Waals surface area (Å²) in [6.45, 7) is 0. The molecule has 7 heteroatoms. The van der Waals surface area contributed by atoms with Crippen LogP contribution < -0.4 is 0 Å². The molecule has 0 atom stereocenters. The predicted molar refractivity (Wildman–Crippen MR) is 57.8 cm³/mol. The minimum absolute atomic E-state index is 0.0226. The van der Waals surface area contributed by atoms with E-state index < -0.39 is 11.9 Å². The van der Waals surface area contributed by atoms with Gasteiger partial charge in [0.05, 0.1) is 5.69 Å². The van der Waals surface area contributed by atoms with Crippen molar-refractivity contribution in [2.75, 3.05) is 0 Å². The average Bonchev–Trinajstić information content (AvgIpc) is 2.95. The molecule has 0 bridgehead atoms. The normalized spacial score (nSPS) is 12.2. The number of aromatic nitrogens is 4. The van der Waals surface area contributed by atoms with Crippen LogP contribution in [0.1, 0.15) is 5.69 Å². The van der Waals surface area contributed by atoms with Gasteiger partial charge < -0.3 is 4.98 Å². The zero-order valence-corrected chi connectivity index (χ0v) is 8.94. The molecule has 0 saturated heterocycles. The van der Waals surface area contributed by atoms with E-state index in [0.29, 0.717) is 5.69 Å². The number of halogens is 3. The molecule has 0 aliphatic carbocycles. The number of nitrogens with one attached hydrogen (secondary N) is 1. The molecule has 0 amide bonds. The first-order valence-corrected chi connectivity index (χ1v) is 5.11. The SMILES string of the molecule is FC(F)(F)c1ccn2cc(-c3ccc[nH]3)nc2n1. The van der Waals surface area contributed by atoms with Crippen LogP contribution in [0.5, 0.6) is 0 Å². The summed E-state index contributed by atoms with van der Waals surface area (Å²) in [6.07, 6.45) is 0.174. The van der Waals surface area contributed by atoms with Gasteiger partial charge in [0.15, 0.2) is 0 Å². The number of nitrogens with zero attached hydrogens (tertiary/aromatic N) is 3. The molecule has 0 aliphatic heterocycles. The number of aromatic amines is 1. The molecule has 3 heterocycles. The molecule has 3 aromatic rings. The van der Waals surface area contributed by atoms with Gasteiger partial charge >= 0.3 is 6.18 Å². The molecule has 0 radical (unpaired) electrons. The van der Waals surface area contributed by atoms with E-state index in [9.17, 15) is 13.2 Å². The molecule has 3 rings (SSSR count). The van der Waals surface area contributed by atoms with Gasteiger partial charge in [0, 0.05) is 18.6 Å². The maximum Gasteiger partial charge on any atom is 0.433 e. The van der Waals surface area contributed by atoms with Crippen LogP contribution in [-0.2, 0) is 6.18 Å². The van der Waals surface area contributed by atoms with Crippen LogP contribution in [0.25, 0.3) is 17.2 Å². The van der Waals surface area contributed by atoms with Crippen LogP contribution in [-0.4, -0.2) is 19.4 Å². The zero-order valence-electron chi connectivity index (χ0n) is 8.94. The van der Waals surface area contributed by atoms with Gasteiger partial charge in [-0.25, -0.2) is 9.97 Å². The van der Waals surface area contributed by atoms with Crippen molar-refractivity contribution < 1.29 is 13.2 Å². The van der Waals surface area contributed by atoms with Crippen LogP contribution in [0.4, 0.5) is 13.2 Å². The molecule has 0 aliphatic rings. The molecule has 18 heavy (non-hydrogen) atoms. The molecule has 92 valence electrons. The average molecular weight is 252 g/mol. The van der Waals surface area contributed by atoms with E-state index in [1.54, 1.807) is 24.5 Å². The zero-order chi connectivity index (χ0) is 12.8. The Morgan fingerprint density at radius 1 is 1.17 bits per heavy atom. The van der Waals surface area contributed by atoms with Crippen molar-refractivity contribution in [1.29, 1.82) is 0 Å². The minimum atomic E-state index is -4.46. The summed E-state index contributed by atoms with van der Waals surface area (Å²) < 4.78 is 38.9. The first-order valence-electron chi connectivity index (χ1n) is 5.11. The van der Waals surface area contributed by atoms with Crippen molar-refractivity contribution in [3.63, 3.8) is 0 Å². The summed E-state index contributed by atoms with van der Waals surface area (Å²) in [6, 6.07) is 4.49. The highest BCUT2D eigenvalue weighted by Gasteiger charge is 2.32. The van der Waals surface area contributed by atoms with E-state index in [2.05, 4.69) is 15.0 Å². The largest absolute Gasteiger partial charge is 0.433 e. The number of alkyl halides is 3. The lowest BCUT2D eigenvalue weighted by atomic mass is 10.3. The maximum atomic E-state index is 12.5. The molecular formula is C11H7F3N4. The van der Waals surface area contributed by atoms with Crippen LogP contribution in [0.3, 0.4) is 0 Å². The summed E-state index contributed by atoms with van der Waals surface area (Å²) in [5.74, 6) is 0.0226. The first kappa shape index (κ1) is 10.8. The Balaban J connectivity index is 2.13. The highest BCUT2D eigenvalue weighted by atomic mass is 19.4. The molecule has 0 spiro atoms. The number of fused-ring (bicyclic) bond motifs is 1. The number of H-pyrrole nitrogens is 1. The second-order valence-electron chi connectivity index (χ2n) is 3.73. The van der Waals surface area contributed by atoms with Crippen LogP contribution in [0.15, 0.2) is 36.8 Å². The van der Waals surface area contributed by atoms with Crippen LogP contribution in [0, 0.1) is 0 Å². The third-order valence-electron chi connectivity index (χ3n) is 2.49. The second kappa shape index (κ2) is 3.59. The van der Waals surface area contributed by atoms with Crippen LogP contribution in [0.2, 0.25) is 0 Å². The van der Waals surface area contributed by atoms with Crippen LogP contribution >= 0.6 is 0 Å². The van der Waals surface area contributed by atoms with E-state index in [0.717, 1.165) is 11.8 Å². The van der Waals surface area contributed by atoms with Crippen molar-refractivity contribution in [2.24, 2.45) is 0 Å². The smallest absolute Gasteiger partial charge is 0.360 e. The number of hydrogen-bond donors (Lipinski definition) is 1. The maximum absolute atomic E-state index is 12.5. The van der Waals surface area contributed by atoms with E-state index in [-0.39, 0.29) is 5.78 Å². The fourth-order valence-electron chi connectivity index (χ4n) is 1.65. The van der Waals surface area contributed by atoms with E-state index in [1.807, 2.05) is 0 Å². The Hall–Kier alpha value is -2.31. The molecule has 0 aromatic carbocycles.